The summed E-state index contributed by atoms with van der Waals surface area (Å²) in [6.45, 7) is 6.74. The summed E-state index contributed by atoms with van der Waals surface area (Å²) in [5.41, 5.74) is 2.09. The number of nitrogens with one attached hydrogen (secondary N) is 1. The summed E-state index contributed by atoms with van der Waals surface area (Å²) in [5, 5.41) is 4.40. The number of ketones is 1. The van der Waals surface area contributed by atoms with E-state index in [-0.39, 0.29) is 5.78 Å². The Morgan fingerprint density at radius 3 is 2.71 bits per heavy atom. The lowest BCUT2D eigenvalue weighted by atomic mass is 9.67. The van der Waals surface area contributed by atoms with Gasteiger partial charge in [-0.25, -0.2) is 0 Å². The Morgan fingerprint density at radius 2 is 2.24 bits per heavy atom. The third kappa shape index (κ3) is 2.37. The molecule has 3 nitrogen and oxygen atoms in total. The van der Waals surface area contributed by atoms with Gasteiger partial charge in [-0.05, 0) is 50.1 Å². The van der Waals surface area contributed by atoms with Gasteiger partial charge < -0.3 is 5.32 Å². The van der Waals surface area contributed by atoms with Crippen molar-refractivity contribution >= 4 is 22.3 Å². The number of aryl methyl sites for hydroxylation is 1. The third-order valence-electron chi connectivity index (χ3n) is 4.00. The number of hydrogen-bond acceptors (Lipinski definition) is 4. The molecule has 0 radical (unpaired) electrons. The summed E-state index contributed by atoms with van der Waals surface area (Å²) < 4.78 is 4.27. The van der Waals surface area contributed by atoms with Crippen LogP contribution in [0.2, 0.25) is 0 Å². The van der Waals surface area contributed by atoms with Crippen LogP contribution in [0.1, 0.15) is 55.6 Å². The topological polar surface area (TPSA) is 42.0 Å². The number of hydrogen-bond donors (Lipinski definition) is 1. The molecule has 4 heteroatoms. The van der Waals surface area contributed by atoms with Crippen LogP contribution in [-0.2, 0) is 0 Å². The zero-order valence-electron chi connectivity index (χ0n) is 10.8. The molecule has 0 bridgehead atoms. The average molecular weight is 252 g/mol. The zero-order valence-corrected chi connectivity index (χ0v) is 11.6. The molecule has 0 amide bonds. The highest BCUT2D eigenvalue weighted by Crippen LogP contribution is 2.44. The first kappa shape index (κ1) is 12.6. The lowest BCUT2D eigenvalue weighted by Crippen LogP contribution is -2.35. The molecule has 1 aliphatic carbocycles. The van der Waals surface area contributed by atoms with Crippen LogP contribution < -0.4 is 5.32 Å². The van der Waals surface area contributed by atoms with Crippen molar-refractivity contribution in [3.05, 3.63) is 11.3 Å². The molecule has 0 saturated heterocycles. The van der Waals surface area contributed by atoms with Crippen LogP contribution in [-0.4, -0.2) is 16.7 Å². The van der Waals surface area contributed by atoms with E-state index in [4.69, 9.17) is 0 Å². The SMILES string of the molecule is CCC1(CNc2snc(C)c2C(C)=O)CCC1. The van der Waals surface area contributed by atoms with Crippen molar-refractivity contribution in [2.75, 3.05) is 11.9 Å². The molecular weight excluding hydrogens is 232 g/mol. The molecule has 1 fully saturated rings. The zero-order chi connectivity index (χ0) is 12.5. The summed E-state index contributed by atoms with van der Waals surface area (Å²) in [6, 6.07) is 0. The predicted molar refractivity (Wildman–Crippen MR) is 71.9 cm³/mol. The molecule has 1 aromatic heterocycles. The fourth-order valence-corrected chi connectivity index (χ4v) is 3.34. The first-order valence-corrected chi connectivity index (χ1v) is 7.06. The van der Waals surface area contributed by atoms with Gasteiger partial charge in [-0.1, -0.05) is 13.3 Å². The number of carbonyl (C=O) groups is 1. The Morgan fingerprint density at radius 1 is 1.53 bits per heavy atom. The van der Waals surface area contributed by atoms with E-state index in [0.29, 0.717) is 5.41 Å². The van der Waals surface area contributed by atoms with Crippen molar-refractivity contribution in [3.8, 4) is 0 Å². The quantitative estimate of drug-likeness (QED) is 0.813. The number of nitrogens with zero attached hydrogens (tertiary/aromatic N) is 1. The smallest absolute Gasteiger partial charge is 0.164 e. The lowest BCUT2D eigenvalue weighted by molar-refractivity contribution is 0.101. The van der Waals surface area contributed by atoms with Gasteiger partial charge in [-0.2, -0.15) is 4.37 Å². The number of carbonyl (C=O) groups excluding carboxylic acids is 1. The van der Waals surface area contributed by atoms with Crippen LogP contribution in [0.25, 0.3) is 0 Å². The minimum atomic E-state index is 0.109. The molecular formula is C13H20N2OS. The monoisotopic (exact) mass is 252 g/mol. The number of Topliss-reactive ketones (excluding diaryl/α,β-unsaturated/α-hetero) is 1. The van der Waals surface area contributed by atoms with Crippen LogP contribution in [0.15, 0.2) is 0 Å². The molecule has 0 aromatic carbocycles. The van der Waals surface area contributed by atoms with E-state index in [9.17, 15) is 4.79 Å². The minimum Gasteiger partial charge on any atom is -0.375 e. The second kappa shape index (κ2) is 4.77. The van der Waals surface area contributed by atoms with E-state index >= 15 is 0 Å². The first-order chi connectivity index (χ1) is 8.08. The van der Waals surface area contributed by atoms with E-state index in [1.54, 1.807) is 6.92 Å². The van der Waals surface area contributed by atoms with E-state index in [0.717, 1.165) is 22.8 Å². The fraction of sp³-hybridized carbons (Fsp3) is 0.692. The van der Waals surface area contributed by atoms with Crippen molar-refractivity contribution < 1.29 is 4.79 Å². The van der Waals surface area contributed by atoms with Crippen LogP contribution >= 0.6 is 11.5 Å². The van der Waals surface area contributed by atoms with E-state index in [1.807, 2.05) is 6.92 Å². The summed E-state index contributed by atoms with van der Waals surface area (Å²) in [6.07, 6.45) is 5.18. The maximum absolute atomic E-state index is 11.6. The van der Waals surface area contributed by atoms with Gasteiger partial charge in [0.25, 0.3) is 0 Å². The number of rotatable bonds is 5. The van der Waals surface area contributed by atoms with Gasteiger partial charge in [-0.3, -0.25) is 4.79 Å². The van der Waals surface area contributed by atoms with Crippen molar-refractivity contribution in [2.24, 2.45) is 5.41 Å². The predicted octanol–water partition coefficient (Wildman–Crippen LogP) is 3.65. The highest BCUT2D eigenvalue weighted by Gasteiger charge is 2.35. The highest BCUT2D eigenvalue weighted by molar-refractivity contribution is 7.10. The van der Waals surface area contributed by atoms with E-state index in [1.165, 1.54) is 37.2 Å². The lowest BCUT2D eigenvalue weighted by Gasteiger charge is -2.41. The summed E-state index contributed by atoms with van der Waals surface area (Å²) in [4.78, 5) is 11.6. The minimum absolute atomic E-state index is 0.109. The van der Waals surface area contributed by atoms with Crippen molar-refractivity contribution in [1.29, 1.82) is 0 Å². The summed E-state index contributed by atoms with van der Waals surface area (Å²) in [7, 11) is 0. The number of aromatic nitrogens is 1. The average Bonchev–Trinajstić information content (AvgIpc) is 2.59. The largest absolute Gasteiger partial charge is 0.375 e. The Hall–Kier alpha value is -0.900. The number of anilines is 1. The van der Waals surface area contributed by atoms with Gasteiger partial charge in [-0.15, -0.1) is 0 Å². The molecule has 0 spiro atoms. The fourth-order valence-electron chi connectivity index (χ4n) is 2.50. The molecule has 0 atom stereocenters. The third-order valence-corrected chi connectivity index (χ3v) is 4.90. The summed E-state index contributed by atoms with van der Waals surface area (Å²) >= 11 is 1.41. The Labute approximate surface area is 107 Å². The van der Waals surface area contributed by atoms with Crippen molar-refractivity contribution in [2.45, 2.75) is 46.5 Å². The van der Waals surface area contributed by atoms with Gasteiger partial charge in [0.15, 0.2) is 5.78 Å². The Kier molecular flexibility index (Phi) is 3.52. The second-order valence-corrected chi connectivity index (χ2v) is 5.86. The normalized spacial score (nSPS) is 17.6. The molecule has 1 saturated carbocycles. The van der Waals surface area contributed by atoms with E-state index < -0.39 is 0 Å². The standard InChI is InChI=1S/C13H20N2OS/c1-4-13(6-5-7-13)8-14-12-11(10(3)16)9(2)15-17-12/h14H,4-8H2,1-3H3. The van der Waals surface area contributed by atoms with Crippen molar-refractivity contribution in [3.63, 3.8) is 0 Å². The highest BCUT2D eigenvalue weighted by atomic mass is 32.1. The van der Waals surface area contributed by atoms with Crippen LogP contribution in [0, 0.1) is 12.3 Å². The Balaban J connectivity index is 2.06. The van der Waals surface area contributed by atoms with Crippen molar-refractivity contribution in [1.82, 2.24) is 4.37 Å². The molecule has 2 rings (SSSR count). The van der Waals surface area contributed by atoms with Gasteiger partial charge in [0.05, 0.1) is 11.3 Å². The second-order valence-electron chi connectivity index (χ2n) is 5.09. The summed E-state index contributed by atoms with van der Waals surface area (Å²) in [5.74, 6) is 0.109. The molecule has 0 unspecified atom stereocenters. The first-order valence-electron chi connectivity index (χ1n) is 6.29. The molecule has 1 aromatic rings. The molecule has 1 aliphatic rings. The van der Waals surface area contributed by atoms with E-state index in [2.05, 4.69) is 16.6 Å². The van der Waals surface area contributed by atoms with Gasteiger partial charge in [0, 0.05) is 6.54 Å². The molecule has 0 aliphatic heterocycles. The Bertz CT molecular complexity index is 416. The van der Waals surface area contributed by atoms with Crippen LogP contribution in [0.5, 0.6) is 0 Å². The molecule has 1 heterocycles. The maximum Gasteiger partial charge on any atom is 0.164 e. The molecule has 17 heavy (non-hydrogen) atoms. The molecule has 94 valence electrons. The van der Waals surface area contributed by atoms with Crippen LogP contribution in [0.4, 0.5) is 5.00 Å². The van der Waals surface area contributed by atoms with Gasteiger partial charge >= 0.3 is 0 Å². The van der Waals surface area contributed by atoms with Gasteiger partial charge in [0.1, 0.15) is 5.00 Å². The molecule has 1 N–H and O–H groups in total. The van der Waals surface area contributed by atoms with Gasteiger partial charge in [0.2, 0.25) is 0 Å². The maximum atomic E-state index is 11.6. The van der Waals surface area contributed by atoms with Crippen LogP contribution in [0.3, 0.4) is 0 Å².